The standard InChI is InChI=1S/C15H22BrNO/c1-10(2)9-12(4)17(5)15(18)13-8-6-7-11(3)14(13)16/h6-8,10,12H,9H2,1-5H3. The van der Waals surface area contributed by atoms with E-state index in [2.05, 4.69) is 36.7 Å². The minimum atomic E-state index is 0.0822. The third-order valence-corrected chi connectivity index (χ3v) is 4.27. The predicted molar refractivity (Wildman–Crippen MR) is 79.9 cm³/mol. The van der Waals surface area contributed by atoms with Crippen molar-refractivity contribution in [3.63, 3.8) is 0 Å². The van der Waals surface area contributed by atoms with Crippen LogP contribution < -0.4 is 0 Å². The second-order valence-corrected chi connectivity index (χ2v) is 6.12. The maximum Gasteiger partial charge on any atom is 0.254 e. The number of carbonyl (C=O) groups is 1. The van der Waals surface area contributed by atoms with Crippen molar-refractivity contribution >= 4 is 21.8 Å². The third-order valence-electron chi connectivity index (χ3n) is 3.22. The fraction of sp³-hybridized carbons (Fsp3) is 0.533. The first-order valence-electron chi connectivity index (χ1n) is 6.36. The molecule has 0 saturated carbocycles. The molecule has 1 aromatic rings. The molecule has 1 aromatic carbocycles. The van der Waals surface area contributed by atoms with Crippen molar-refractivity contribution in [2.24, 2.45) is 5.92 Å². The summed E-state index contributed by atoms with van der Waals surface area (Å²) >= 11 is 3.50. The molecule has 2 nitrogen and oxygen atoms in total. The number of carbonyl (C=O) groups excluding carboxylic acids is 1. The molecule has 1 amide bonds. The van der Waals surface area contributed by atoms with Gasteiger partial charge < -0.3 is 4.90 Å². The number of hydrogen-bond donors (Lipinski definition) is 0. The summed E-state index contributed by atoms with van der Waals surface area (Å²) in [7, 11) is 1.88. The van der Waals surface area contributed by atoms with Crippen LogP contribution >= 0.6 is 15.9 Å². The van der Waals surface area contributed by atoms with Crippen molar-refractivity contribution in [3.8, 4) is 0 Å². The largest absolute Gasteiger partial charge is 0.339 e. The molecule has 0 saturated heterocycles. The van der Waals surface area contributed by atoms with Gasteiger partial charge in [0.25, 0.3) is 5.91 Å². The van der Waals surface area contributed by atoms with Crippen LogP contribution in [0.15, 0.2) is 22.7 Å². The Morgan fingerprint density at radius 3 is 2.50 bits per heavy atom. The number of nitrogens with zero attached hydrogens (tertiary/aromatic N) is 1. The van der Waals surface area contributed by atoms with Gasteiger partial charge in [-0.15, -0.1) is 0 Å². The van der Waals surface area contributed by atoms with Gasteiger partial charge in [0.15, 0.2) is 0 Å². The van der Waals surface area contributed by atoms with E-state index in [-0.39, 0.29) is 11.9 Å². The van der Waals surface area contributed by atoms with E-state index in [1.165, 1.54) is 0 Å². The van der Waals surface area contributed by atoms with Gasteiger partial charge in [-0.1, -0.05) is 26.0 Å². The summed E-state index contributed by atoms with van der Waals surface area (Å²) in [6.07, 6.45) is 1.02. The van der Waals surface area contributed by atoms with Crippen LogP contribution in [0.2, 0.25) is 0 Å². The molecule has 1 rings (SSSR count). The van der Waals surface area contributed by atoms with Gasteiger partial charge in [-0.2, -0.15) is 0 Å². The maximum atomic E-state index is 12.4. The van der Waals surface area contributed by atoms with Crippen LogP contribution in [0.25, 0.3) is 0 Å². The van der Waals surface area contributed by atoms with Crippen LogP contribution in [-0.2, 0) is 0 Å². The Hall–Kier alpha value is -0.830. The molecule has 3 heteroatoms. The van der Waals surface area contributed by atoms with Crippen molar-refractivity contribution < 1.29 is 4.79 Å². The smallest absolute Gasteiger partial charge is 0.254 e. The molecule has 0 N–H and O–H groups in total. The zero-order valence-corrected chi connectivity index (χ0v) is 13.4. The van der Waals surface area contributed by atoms with E-state index in [1.54, 1.807) is 0 Å². The Morgan fingerprint density at radius 1 is 1.33 bits per heavy atom. The van der Waals surface area contributed by atoms with Crippen LogP contribution in [0.1, 0.15) is 43.1 Å². The van der Waals surface area contributed by atoms with Gasteiger partial charge in [0, 0.05) is 17.6 Å². The highest BCUT2D eigenvalue weighted by atomic mass is 79.9. The minimum absolute atomic E-state index is 0.0822. The summed E-state index contributed by atoms with van der Waals surface area (Å²) in [6, 6.07) is 6.05. The average Bonchev–Trinajstić information content (AvgIpc) is 2.30. The highest BCUT2D eigenvalue weighted by molar-refractivity contribution is 9.10. The molecule has 0 aliphatic carbocycles. The van der Waals surface area contributed by atoms with Gasteiger partial charge >= 0.3 is 0 Å². The summed E-state index contributed by atoms with van der Waals surface area (Å²) in [4.78, 5) is 14.3. The number of amides is 1. The fourth-order valence-electron chi connectivity index (χ4n) is 2.04. The molecule has 0 aliphatic rings. The maximum absolute atomic E-state index is 12.4. The van der Waals surface area contributed by atoms with Crippen LogP contribution in [-0.4, -0.2) is 23.9 Å². The molecular weight excluding hydrogens is 290 g/mol. The normalized spacial score (nSPS) is 12.6. The SMILES string of the molecule is Cc1cccc(C(=O)N(C)C(C)CC(C)C)c1Br. The molecule has 0 fully saturated rings. The van der Waals surface area contributed by atoms with Gasteiger partial charge in [-0.05, 0) is 53.7 Å². The monoisotopic (exact) mass is 311 g/mol. The van der Waals surface area contributed by atoms with Crippen molar-refractivity contribution in [2.45, 2.75) is 40.2 Å². The molecule has 1 atom stereocenters. The van der Waals surface area contributed by atoms with Gasteiger partial charge in [-0.3, -0.25) is 4.79 Å². The van der Waals surface area contributed by atoms with Crippen molar-refractivity contribution in [1.82, 2.24) is 4.90 Å². The Morgan fingerprint density at radius 2 is 1.94 bits per heavy atom. The summed E-state index contributed by atoms with van der Waals surface area (Å²) in [6.45, 7) is 8.45. The fourth-order valence-corrected chi connectivity index (χ4v) is 2.48. The second-order valence-electron chi connectivity index (χ2n) is 5.33. The Labute approximate surface area is 119 Å². The summed E-state index contributed by atoms with van der Waals surface area (Å²) in [5, 5.41) is 0. The van der Waals surface area contributed by atoms with Crippen molar-refractivity contribution in [1.29, 1.82) is 0 Å². The summed E-state index contributed by atoms with van der Waals surface area (Å²) < 4.78 is 0.901. The van der Waals surface area contributed by atoms with Crippen LogP contribution in [0.4, 0.5) is 0 Å². The summed E-state index contributed by atoms with van der Waals surface area (Å²) in [5.74, 6) is 0.676. The van der Waals surface area contributed by atoms with Crippen molar-refractivity contribution in [3.05, 3.63) is 33.8 Å². The van der Waals surface area contributed by atoms with Crippen LogP contribution in [0, 0.1) is 12.8 Å². The molecule has 0 aromatic heterocycles. The Kier molecular flexibility index (Phi) is 5.39. The highest BCUT2D eigenvalue weighted by Gasteiger charge is 2.20. The number of aryl methyl sites for hydroxylation is 1. The molecular formula is C15H22BrNO. The quantitative estimate of drug-likeness (QED) is 0.813. The first-order valence-corrected chi connectivity index (χ1v) is 7.16. The molecule has 1 unspecified atom stereocenters. The van der Waals surface area contributed by atoms with E-state index in [1.807, 2.05) is 37.1 Å². The lowest BCUT2D eigenvalue weighted by molar-refractivity contribution is 0.0727. The highest BCUT2D eigenvalue weighted by Crippen LogP contribution is 2.23. The molecule has 0 bridgehead atoms. The number of benzene rings is 1. The van der Waals surface area contributed by atoms with Gasteiger partial charge in [-0.25, -0.2) is 0 Å². The van der Waals surface area contributed by atoms with E-state index in [9.17, 15) is 4.79 Å². The molecule has 0 spiro atoms. The van der Waals surface area contributed by atoms with E-state index >= 15 is 0 Å². The molecule has 100 valence electrons. The van der Waals surface area contributed by atoms with E-state index in [0.29, 0.717) is 5.92 Å². The van der Waals surface area contributed by atoms with E-state index in [4.69, 9.17) is 0 Å². The number of halogens is 1. The lowest BCUT2D eigenvalue weighted by Crippen LogP contribution is -2.36. The van der Waals surface area contributed by atoms with Gasteiger partial charge in [0.2, 0.25) is 0 Å². The van der Waals surface area contributed by atoms with Gasteiger partial charge in [0.05, 0.1) is 5.56 Å². The molecule has 0 aliphatic heterocycles. The Bertz CT molecular complexity index is 429. The second kappa shape index (κ2) is 6.37. The Balaban J connectivity index is 2.90. The average molecular weight is 312 g/mol. The first kappa shape index (κ1) is 15.2. The first-order chi connectivity index (χ1) is 8.34. The van der Waals surface area contributed by atoms with Crippen LogP contribution in [0.3, 0.4) is 0 Å². The minimum Gasteiger partial charge on any atom is -0.339 e. The molecule has 0 heterocycles. The van der Waals surface area contributed by atoms with Crippen molar-refractivity contribution in [2.75, 3.05) is 7.05 Å². The topological polar surface area (TPSA) is 20.3 Å². The zero-order valence-electron chi connectivity index (χ0n) is 11.8. The lowest BCUT2D eigenvalue weighted by Gasteiger charge is -2.27. The zero-order chi connectivity index (χ0) is 13.9. The number of hydrogen-bond acceptors (Lipinski definition) is 1. The van der Waals surface area contributed by atoms with E-state index in [0.717, 1.165) is 22.0 Å². The third kappa shape index (κ3) is 3.58. The summed E-state index contributed by atoms with van der Waals surface area (Å²) in [5.41, 5.74) is 1.83. The number of rotatable bonds is 4. The lowest BCUT2D eigenvalue weighted by atomic mass is 10.0. The van der Waals surface area contributed by atoms with E-state index < -0.39 is 0 Å². The van der Waals surface area contributed by atoms with Gasteiger partial charge in [0.1, 0.15) is 0 Å². The van der Waals surface area contributed by atoms with Crippen LogP contribution in [0.5, 0.6) is 0 Å². The molecule has 0 radical (unpaired) electrons. The predicted octanol–water partition coefficient (Wildman–Crippen LogP) is 4.26. The molecule has 18 heavy (non-hydrogen) atoms.